The highest BCUT2D eigenvalue weighted by Crippen LogP contribution is 2.36. The van der Waals surface area contributed by atoms with E-state index in [9.17, 15) is 4.79 Å². The van der Waals surface area contributed by atoms with Crippen molar-refractivity contribution in [1.82, 2.24) is 5.32 Å². The van der Waals surface area contributed by atoms with Gasteiger partial charge in [-0.15, -0.1) is 0 Å². The van der Waals surface area contributed by atoms with Gasteiger partial charge < -0.3 is 24.3 Å². The van der Waals surface area contributed by atoms with E-state index >= 15 is 0 Å². The molecule has 2 aliphatic rings. The standard InChI is InChI=1S/C56H58N4O5.24H2/c1-8-10-12-14-16-18-20-22-23-24-25-26-27-28-29-30-31-32-34-36-38-40-42-44-53(61)59-50(46-62-55-49(5)47(3)48(4)52(63-55)45-58-60-57)54-51(64-56(6,7)65-54)43-41-39-37-35-33-21-19-17-15-13-11-9-2;;;;;;;;;;;;;;;;;;;;;;;;/h41,43,47-52,54-55H,9,11,13,15,17,19,21,33,35,37,39,45-46H2,1-7H3,(H,59,61);24*1H/t47-,48+,49?,50-,51+,52?,54-,55-;;;;;;;;;;;;;;;;;;;;;;;;/m0......................../s1. The highest BCUT2D eigenvalue weighted by molar-refractivity contribution is 5.94. The van der Waals surface area contributed by atoms with Crippen LogP contribution in [0.1, 0.15) is 153 Å². The minimum Gasteiger partial charge on any atom is -0.350 e. The fraction of sp³-hybridized carbons (Fsp3) is 0.518. The van der Waals surface area contributed by atoms with E-state index in [1.54, 1.807) is 6.92 Å². The maximum Gasteiger partial charge on any atom is 0.297 e. The number of unbranched alkanes of at least 4 members (excludes halogenated alkanes) is 10. The molecule has 2 unspecified atom stereocenters. The number of nitrogens with one attached hydrogen (secondary N) is 1. The van der Waals surface area contributed by atoms with Gasteiger partial charge in [-0.05, 0) is 146 Å². The van der Waals surface area contributed by atoms with Gasteiger partial charge in [-0.1, -0.05) is 109 Å². The summed E-state index contributed by atoms with van der Waals surface area (Å²) in [6, 6.07) is -0.662. The zero-order valence-corrected chi connectivity index (χ0v) is 38.8. The average Bonchev–Trinajstić information content (AvgIpc) is 3.61. The van der Waals surface area contributed by atoms with Crippen molar-refractivity contribution in [3.05, 3.63) is 22.6 Å². The van der Waals surface area contributed by atoms with E-state index in [-0.39, 0.29) is 71.2 Å². The second-order valence-electron chi connectivity index (χ2n) is 15.5. The van der Waals surface area contributed by atoms with Gasteiger partial charge in [-0.25, -0.2) is 0 Å². The molecule has 8 atom stereocenters. The molecular formula is C56H106N4O5. The zero-order valence-electron chi connectivity index (χ0n) is 38.8. The van der Waals surface area contributed by atoms with Crippen molar-refractivity contribution in [3.8, 4) is 142 Å². The van der Waals surface area contributed by atoms with Gasteiger partial charge in [0.2, 0.25) is 0 Å². The molecular weight excluding hydrogens is 809 g/mol. The lowest BCUT2D eigenvalue weighted by Gasteiger charge is -2.43. The molecule has 1 N–H and O–H groups in total. The molecule has 0 spiro atoms. The third-order valence-corrected chi connectivity index (χ3v) is 10.3. The van der Waals surface area contributed by atoms with Crippen LogP contribution in [0.4, 0.5) is 0 Å². The third-order valence-electron chi connectivity index (χ3n) is 10.3. The van der Waals surface area contributed by atoms with Crippen molar-refractivity contribution in [2.24, 2.45) is 22.9 Å². The van der Waals surface area contributed by atoms with Gasteiger partial charge in [-0.3, -0.25) is 4.79 Å². The van der Waals surface area contributed by atoms with Gasteiger partial charge in [0.25, 0.3) is 5.91 Å². The molecule has 0 aromatic rings. The first-order chi connectivity index (χ1) is 31.6. The molecule has 2 rings (SSSR count). The monoisotopic (exact) mass is 915 g/mol. The second-order valence-corrected chi connectivity index (χ2v) is 15.5. The fourth-order valence-electron chi connectivity index (χ4n) is 6.66. The van der Waals surface area contributed by atoms with E-state index in [1.807, 2.05) is 19.9 Å². The van der Waals surface area contributed by atoms with Crippen LogP contribution in [0.3, 0.4) is 0 Å². The minimum absolute atomic E-state index is 0. The highest BCUT2D eigenvalue weighted by Gasteiger charge is 2.46. The van der Waals surface area contributed by atoms with Crippen molar-refractivity contribution in [2.45, 2.75) is 156 Å². The molecule has 1 amide bonds. The van der Waals surface area contributed by atoms with Crippen molar-refractivity contribution in [3.63, 3.8) is 0 Å². The smallest absolute Gasteiger partial charge is 0.297 e. The fourth-order valence-corrected chi connectivity index (χ4v) is 6.66. The van der Waals surface area contributed by atoms with Crippen LogP contribution >= 0.6 is 0 Å². The first-order valence-corrected chi connectivity index (χ1v) is 22.2. The van der Waals surface area contributed by atoms with Crippen molar-refractivity contribution in [2.75, 3.05) is 13.2 Å². The zero-order chi connectivity index (χ0) is 47.2. The number of ether oxygens (including phenoxy) is 4. The molecule has 0 saturated carbocycles. The lowest BCUT2D eigenvalue weighted by atomic mass is 9.79. The van der Waals surface area contributed by atoms with Gasteiger partial charge in [-0.2, -0.15) is 0 Å². The third kappa shape index (κ3) is 25.1. The average molecular weight is 915 g/mol. The summed E-state index contributed by atoms with van der Waals surface area (Å²) in [5.41, 5.74) is 8.94. The molecule has 380 valence electrons. The Morgan fingerprint density at radius 2 is 1.18 bits per heavy atom. The quantitative estimate of drug-likeness (QED) is 0.0346. The lowest BCUT2D eigenvalue weighted by molar-refractivity contribution is -0.249. The Morgan fingerprint density at radius 3 is 1.68 bits per heavy atom. The predicted molar refractivity (Wildman–Crippen MR) is 307 cm³/mol. The summed E-state index contributed by atoms with van der Waals surface area (Å²) in [6.07, 6.45) is 15.9. The van der Waals surface area contributed by atoms with Crippen LogP contribution in [0.2, 0.25) is 0 Å². The van der Waals surface area contributed by atoms with E-state index < -0.39 is 36.2 Å². The summed E-state index contributed by atoms with van der Waals surface area (Å²) in [5, 5.41) is 6.74. The Bertz CT molecular complexity index is 2540. The Hall–Kier alpha value is -6.92. The maximum absolute atomic E-state index is 13.2. The Morgan fingerprint density at radius 1 is 0.708 bits per heavy atom. The van der Waals surface area contributed by atoms with Crippen molar-refractivity contribution < 1.29 is 58.0 Å². The number of hydrogen-bond acceptors (Lipinski definition) is 6. The van der Waals surface area contributed by atoms with E-state index in [1.165, 1.54) is 57.8 Å². The molecule has 2 fully saturated rings. The van der Waals surface area contributed by atoms with E-state index in [0.29, 0.717) is 0 Å². The molecule has 2 heterocycles. The Labute approximate surface area is 425 Å². The Balaban J connectivity index is -0.0000000864. The predicted octanol–water partition coefficient (Wildman–Crippen LogP) is 13.8. The molecule has 0 aliphatic carbocycles. The summed E-state index contributed by atoms with van der Waals surface area (Å²) in [4.78, 5) is 16.2. The first kappa shape index (κ1) is 54.2. The topological polar surface area (TPSA) is 115 Å². The summed E-state index contributed by atoms with van der Waals surface area (Å²) >= 11 is 0. The van der Waals surface area contributed by atoms with Crippen LogP contribution in [-0.4, -0.2) is 55.5 Å². The van der Waals surface area contributed by atoms with Crippen LogP contribution in [0.5, 0.6) is 0 Å². The molecule has 0 aromatic heterocycles. The molecule has 0 aromatic carbocycles. The number of azide groups is 1. The van der Waals surface area contributed by atoms with E-state index in [2.05, 4.69) is 191 Å². The molecule has 2 saturated heterocycles. The van der Waals surface area contributed by atoms with Crippen molar-refractivity contribution >= 4 is 5.91 Å². The molecule has 0 radical (unpaired) electrons. The maximum atomic E-state index is 13.2. The summed E-state index contributed by atoms with van der Waals surface area (Å²) in [5.74, 6) is 59.9. The molecule has 65 heavy (non-hydrogen) atoms. The van der Waals surface area contributed by atoms with Gasteiger partial charge in [0.1, 0.15) is 12.2 Å². The highest BCUT2D eigenvalue weighted by atomic mass is 16.8. The van der Waals surface area contributed by atoms with Crippen LogP contribution in [0.15, 0.2) is 17.3 Å². The van der Waals surface area contributed by atoms with E-state index in [0.717, 1.165) is 12.8 Å². The SMILES string of the molecule is CC#CC#CC#CC#CC#CC#CC#CC#CC#CC#CC#CC#CC(=O)N[C@@H](CO[C@H]1OC(CN=[N+]=[N-])[C@H](C)[C@H](C)C1C)[C@@H]1OC(C)(C)O[C@@H]1C=CCCCCCCCCCCCC.[HH].[HH].[HH].[HH].[HH].[HH].[HH].[HH].[HH].[HH].[HH].[HH].[HH].[HH].[HH].[HH].[HH].[HH].[HH].[HH].[HH].[HH].[HH].[HH]. The normalized spacial score (nSPS) is 20.6. The minimum atomic E-state index is -0.908. The van der Waals surface area contributed by atoms with Crippen LogP contribution in [-0.2, 0) is 23.7 Å². The number of nitrogens with zero attached hydrogens (tertiary/aromatic N) is 3. The van der Waals surface area contributed by atoms with Crippen LogP contribution < -0.4 is 5.32 Å². The number of amides is 1. The van der Waals surface area contributed by atoms with Gasteiger partial charge in [0.15, 0.2) is 12.1 Å². The number of carbonyl (C=O) groups is 1. The number of allylic oxidation sites excluding steroid dienone is 1. The number of carbonyl (C=O) groups excluding carboxylic acids is 1. The number of rotatable bonds is 19. The lowest BCUT2D eigenvalue weighted by Crippen LogP contribution is -2.52. The molecule has 0 bridgehead atoms. The van der Waals surface area contributed by atoms with Gasteiger partial charge >= 0.3 is 0 Å². The summed E-state index contributed by atoms with van der Waals surface area (Å²) in [7, 11) is 0. The van der Waals surface area contributed by atoms with E-state index in [4.69, 9.17) is 24.5 Å². The van der Waals surface area contributed by atoms with Crippen LogP contribution in [0.25, 0.3) is 10.4 Å². The molecule has 9 nitrogen and oxygen atoms in total. The number of hydrogen-bond donors (Lipinski definition) is 1. The summed E-state index contributed by atoms with van der Waals surface area (Å²) in [6.45, 7) is 14.2. The summed E-state index contributed by atoms with van der Waals surface area (Å²) < 4.78 is 25.5. The van der Waals surface area contributed by atoms with Gasteiger partial charge in [0, 0.05) is 86.5 Å². The van der Waals surface area contributed by atoms with Crippen LogP contribution in [0, 0.1) is 160 Å². The second kappa shape index (κ2) is 34.6. The largest absolute Gasteiger partial charge is 0.350 e. The first-order valence-electron chi connectivity index (χ1n) is 22.2. The Kier molecular flexibility index (Phi) is 28.8. The van der Waals surface area contributed by atoms with Gasteiger partial charge in [0.05, 0.1) is 25.3 Å². The molecule has 2 aliphatic heterocycles. The van der Waals surface area contributed by atoms with Crippen molar-refractivity contribution in [1.29, 1.82) is 0 Å². The molecule has 9 heteroatoms.